The molecule has 5 nitrogen and oxygen atoms in total. The largest absolute Gasteiger partial charge is 0.508 e. The van der Waals surface area contributed by atoms with Crippen LogP contribution in [0.3, 0.4) is 0 Å². The molecule has 1 aliphatic heterocycles. The number of phenolic OH excluding ortho intramolecular Hbond substituents is 1. The van der Waals surface area contributed by atoms with Crippen molar-refractivity contribution in [3.05, 3.63) is 53.6 Å². The zero-order valence-corrected chi connectivity index (χ0v) is 14.3. The third-order valence-corrected chi connectivity index (χ3v) is 4.26. The van der Waals surface area contributed by atoms with Crippen LogP contribution in [0.25, 0.3) is 0 Å². The van der Waals surface area contributed by atoms with Gasteiger partial charge in [0, 0.05) is 12.8 Å². The summed E-state index contributed by atoms with van der Waals surface area (Å²) < 4.78 is 11.3. The first-order valence-corrected chi connectivity index (χ1v) is 8.59. The van der Waals surface area contributed by atoms with Gasteiger partial charge >= 0.3 is 0 Å². The number of fused-ring (bicyclic) bond motifs is 1. The van der Waals surface area contributed by atoms with Crippen molar-refractivity contribution >= 4 is 5.91 Å². The SMILES string of the molecule is C[C@@H](NC(=O)CCc1ccccc1O)c1ccc2c(c1)OCCCO2. The number of aromatic hydroxyl groups is 1. The lowest BCUT2D eigenvalue weighted by atomic mass is 10.1. The molecule has 25 heavy (non-hydrogen) atoms. The lowest BCUT2D eigenvalue weighted by Gasteiger charge is -2.16. The molecular formula is C20H23NO4. The summed E-state index contributed by atoms with van der Waals surface area (Å²) in [5.74, 6) is 1.65. The van der Waals surface area contributed by atoms with Crippen LogP contribution < -0.4 is 14.8 Å². The van der Waals surface area contributed by atoms with Crippen LogP contribution >= 0.6 is 0 Å². The maximum atomic E-state index is 12.2. The van der Waals surface area contributed by atoms with E-state index in [-0.39, 0.29) is 17.7 Å². The molecule has 0 aliphatic carbocycles. The van der Waals surface area contributed by atoms with Gasteiger partial charge in [-0.3, -0.25) is 4.79 Å². The molecule has 0 bridgehead atoms. The fourth-order valence-electron chi connectivity index (χ4n) is 2.82. The first-order chi connectivity index (χ1) is 12.1. The lowest BCUT2D eigenvalue weighted by Crippen LogP contribution is -2.26. The predicted octanol–water partition coefficient (Wildman–Crippen LogP) is 3.36. The van der Waals surface area contributed by atoms with E-state index in [1.807, 2.05) is 37.3 Å². The molecule has 5 heteroatoms. The molecule has 0 saturated carbocycles. The van der Waals surface area contributed by atoms with E-state index in [1.165, 1.54) is 0 Å². The first-order valence-electron chi connectivity index (χ1n) is 8.59. The number of para-hydroxylation sites is 1. The summed E-state index contributed by atoms with van der Waals surface area (Å²) in [6, 6.07) is 12.7. The Kier molecular flexibility index (Phi) is 5.43. The van der Waals surface area contributed by atoms with Crippen LogP contribution in [0.5, 0.6) is 17.2 Å². The van der Waals surface area contributed by atoms with Crippen LogP contribution in [0.2, 0.25) is 0 Å². The fraction of sp³-hybridized carbons (Fsp3) is 0.350. The highest BCUT2D eigenvalue weighted by molar-refractivity contribution is 5.76. The summed E-state index contributed by atoms with van der Waals surface area (Å²) in [4.78, 5) is 12.2. The molecule has 2 aromatic carbocycles. The Morgan fingerprint density at radius 1 is 1.16 bits per heavy atom. The quantitative estimate of drug-likeness (QED) is 0.875. The van der Waals surface area contributed by atoms with Crippen molar-refractivity contribution in [2.75, 3.05) is 13.2 Å². The summed E-state index contributed by atoms with van der Waals surface area (Å²) in [5, 5.41) is 12.8. The van der Waals surface area contributed by atoms with Crippen molar-refractivity contribution in [2.45, 2.75) is 32.2 Å². The number of nitrogens with one attached hydrogen (secondary N) is 1. The number of hydrogen-bond acceptors (Lipinski definition) is 4. The summed E-state index contributed by atoms with van der Waals surface area (Å²) in [6.45, 7) is 3.24. The van der Waals surface area contributed by atoms with Gasteiger partial charge in [-0.15, -0.1) is 0 Å². The third kappa shape index (κ3) is 4.44. The summed E-state index contributed by atoms with van der Waals surface area (Å²) in [5.41, 5.74) is 1.75. The second-order valence-corrected chi connectivity index (χ2v) is 6.17. The molecule has 0 spiro atoms. The normalized spacial score (nSPS) is 14.4. The van der Waals surface area contributed by atoms with Crippen LogP contribution in [0.1, 0.15) is 36.9 Å². The second-order valence-electron chi connectivity index (χ2n) is 6.17. The van der Waals surface area contributed by atoms with Gasteiger partial charge in [-0.25, -0.2) is 0 Å². The van der Waals surface area contributed by atoms with E-state index in [0.717, 1.165) is 29.0 Å². The van der Waals surface area contributed by atoms with Crippen molar-refractivity contribution in [1.29, 1.82) is 0 Å². The fourth-order valence-corrected chi connectivity index (χ4v) is 2.82. The van der Waals surface area contributed by atoms with Crippen molar-refractivity contribution in [1.82, 2.24) is 5.32 Å². The molecule has 2 aromatic rings. The van der Waals surface area contributed by atoms with Gasteiger partial charge in [-0.2, -0.15) is 0 Å². The minimum absolute atomic E-state index is 0.0529. The molecule has 0 fully saturated rings. The Morgan fingerprint density at radius 2 is 1.92 bits per heavy atom. The number of benzene rings is 2. The van der Waals surface area contributed by atoms with E-state index in [4.69, 9.17) is 9.47 Å². The number of aryl methyl sites for hydroxylation is 1. The standard InChI is InChI=1S/C20H23NO4/c1-14(16-7-9-18-19(13-16)25-12-4-11-24-18)21-20(23)10-8-15-5-2-3-6-17(15)22/h2-3,5-7,9,13-14,22H,4,8,10-12H2,1H3,(H,21,23)/t14-/m1/s1. The van der Waals surface area contributed by atoms with Gasteiger partial charge in [0.15, 0.2) is 11.5 Å². The molecular weight excluding hydrogens is 318 g/mol. The topological polar surface area (TPSA) is 67.8 Å². The van der Waals surface area contributed by atoms with Gasteiger partial charge < -0.3 is 19.9 Å². The molecule has 1 amide bonds. The van der Waals surface area contributed by atoms with Crippen LogP contribution in [0.15, 0.2) is 42.5 Å². The second kappa shape index (κ2) is 7.92. The van der Waals surface area contributed by atoms with Gasteiger partial charge in [0.25, 0.3) is 0 Å². The average Bonchev–Trinajstić information content (AvgIpc) is 2.85. The van der Waals surface area contributed by atoms with Gasteiger partial charge in [0.2, 0.25) is 5.91 Å². The highest BCUT2D eigenvalue weighted by Crippen LogP contribution is 2.32. The molecule has 1 heterocycles. The maximum Gasteiger partial charge on any atom is 0.220 e. The zero-order chi connectivity index (χ0) is 17.6. The number of carbonyl (C=O) groups excluding carboxylic acids is 1. The maximum absolute atomic E-state index is 12.2. The summed E-state index contributed by atoms with van der Waals surface area (Å²) in [7, 11) is 0. The highest BCUT2D eigenvalue weighted by atomic mass is 16.5. The third-order valence-electron chi connectivity index (χ3n) is 4.26. The van der Waals surface area contributed by atoms with E-state index < -0.39 is 0 Å². The van der Waals surface area contributed by atoms with E-state index in [0.29, 0.717) is 26.1 Å². The molecule has 3 rings (SSSR count). The van der Waals surface area contributed by atoms with Gasteiger partial charge in [0.05, 0.1) is 19.3 Å². The molecule has 0 unspecified atom stereocenters. The number of rotatable bonds is 5. The number of hydrogen-bond donors (Lipinski definition) is 2. The first kappa shape index (κ1) is 17.1. The van der Waals surface area contributed by atoms with Crippen molar-refractivity contribution in [2.24, 2.45) is 0 Å². The Hall–Kier alpha value is -2.69. The summed E-state index contributed by atoms with van der Waals surface area (Å²) >= 11 is 0. The number of amides is 1. The predicted molar refractivity (Wildman–Crippen MR) is 95.0 cm³/mol. The van der Waals surface area contributed by atoms with E-state index >= 15 is 0 Å². The number of phenols is 1. The Balaban J connectivity index is 1.58. The van der Waals surface area contributed by atoms with Gasteiger partial charge in [-0.1, -0.05) is 24.3 Å². The van der Waals surface area contributed by atoms with Crippen LogP contribution in [-0.4, -0.2) is 24.2 Å². The van der Waals surface area contributed by atoms with E-state index in [2.05, 4.69) is 5.32 Å². The summed E-state index contributed by atoms with van der Waals surface area (Å²) in [6.07, 6.45) is 1.70. The smallest absolute Gasteiger partial charge is 0.220 e. The number of ether oxygens (including phenoxy) is 2. The minimum Gasteiger partial charge on any atom is -0.508 e. The molecule has 0 aromatic heterocycles. The Bertz CT molecular complexity index is 744. The van der Waals surface area contributed by atoms with E-state index in [1.54, 1.807) is 12.1 Å². The lowest BCUT2D eigenvalue weighted by molar-refractivity contribution is -0.121. The van der Waals surface area contributed by atoms with Gasteiger partial charge in [0.1, 0.15) is 5.75 Å². The highest BCUT2D eigenvalue weighted by Gasteiger charge is 2.15. The Labute approximate surface area is 147 Å². The van der Waals surface area contributed by atoms with Crippen molar-refractivity contribution in [3.8, 4) is 17.2 Å². The van der Waals surface area contributed by atoms with E-state index in [9.17, 15) is 9.90 Å². The van der Waals surface area contributed by atoms with Crippen molar-refractivity contribution < 1.29 is 19.4 Å². The molecule has 132 valence electrons. The molecule has 0 radical (unpaired) electrons. The van der Waals surface area contributed by atoms with Crippen LogP contribution in [0, 0.1) is 0 Å². The number of carbonyl (C=O) groups is 1. The molecule has 1 aliphatic rings. The van der Waals surface area contributed by atoms with Crippen molar-refractivity contribution in [3.63, 3.8) is 0 Å². The average molecular weight is 341 g/mol. The Morgan fingerprint density at radius 3 is 2.72 bits per heavy atom. The van der Waals surface area contributed by atoms with Gasteiger partial charge in [-0.05, 0) is 42.7 Å². The van der Waals surface area contributed by atoms with Crippen LogP contribution in [0.4, 0.5) is 0 Å². The molecule has 2 N–H and O–H groups in total. The van der Waals surface area contributed by atoms with Crippen LogP contribution in [-0.2, 0) is 11.2 Å². The molecule has 1 atom stereocenters. The molecule has 0 saturated heterocycles. The minimum atomic E-state index is -0.131. The monoisotopic (exact) mass is 341 g/mol. The zero-order valence-electron chi connectivity index (χ0n) is 14.3.